The molecule has 4 aromatic rings. The van der Waals surface area contributed by atoms with Gasteiger partial charge in [0, 0.05) is 38.6 Å². The van der Waals surface area contributed by atoms with Gasteiger partial charge in [-0.05, 0) is 32.3 Å². The molecule has 1 N–H and O–H groups in total. The van der Waals surface area contributed by atoms with E-state index in [0.29, 0.717) is 24.1 Å². The molecule has 2 aliphatic heterocycles. The molecule has 0 aliphatic carbocycles. The maximum atomic E-state index is 6.12. The van der Waals surface area contributed by atoms with Crippen LogP contribution in [0.2, 0.25) is 0 Å². The maximum Gasteiger partial charge on any atom is 0.222 e. The standard InChI is InChI=1S/C22H25N9O/c1-14-5-3-10-32-22-16(13-25-29(22)2)20-23-7-6-18(27-20)26-19-11-17-15(12-24-19)21(28-31(14)17)30-8-4-9-30/h6-7,11-14H,3-5,8-10H2,1-2H3,(H,23,24,26,27)/t14-/m0/s1. The normalized spacial score (nSPS) is 18.3. The van der Waals surface area contributed by atoms with Crippen LogP contribution in [0.4, 0.5) is 17.5 Å². The molecule has 4 bridgehead atoms. The lowest BCUT2D eigenvalue weighted by Crippen LogP contribution is -2.37. The zero-order valence-electron chi connectivity index (χ0n) is 18.2. The molecule has 6 heterocycles. The fourth-order valence-electron chi connectivity index (χ4n) is 4.29. The van der Waals surface area contributed by atoms with E-state index in [-0.39, 0.29) is 6.04 Å². The first-order valence-electron chi connectivity index (χ1n) is 11.1. The van der Waals surface area contributed by atoms with Gasteiger partial charge in [0.05, 0.1) is 29.7 Å². The largest absolute Gasteiger partial charge is 0.477 e. The number of nitrogens with one attached hydrogen (secondary N) is 1. The van der Waals surface area contributed by atoms with Crippen LogP contribution in [0.15, 0.2) is 30.7 Å². The minimum absolute atomic E-state index is 0.225. The molecule has 164 valence electrons. The lowest BCUT2D eigenvalue weighted by molar-refractivity contribution is 0.271. The van der Waals surface area contributed by atoms with E-state index >= 15 is 0 Å². The SMILES string of the molecule is C[C@H]1CCCOc2c(cnn2C)-c2nccc(n2)Nc2cc3c(cn2)c(N2CCC2)nn31. The number of nitrogens with zero attached hydrogens (tertiary/aromatic N) is 8. The van der Waals surface area contributed by atoms with Crippen LogP contribution >= 0.6 is 0 Å². The fraction of sp³-hybridized carbons (Fsp3) is 0.409. The van der Waals surface area contributed by atoms with E-state index in [0.717, 1.165) is 54.0 Å². The summed E-state index contributed by atoms with van der Waals surface area (Å²) in [7, 11) is 1.87. The Kier molecular flexibility index (Phi) is 4.44. The van der Waals surface area contributed by atoms with E-state index in [1.165, 1.54) is 6.42 Å². The summed E-state index contributed by atoms with van der Waals surface area (Å²) in [6, 6.07) is 4.12. The van der Waals surface area contributed by atoms with Crippen LogP contribution in [0.3, 0.4) is 0 Å². The monoisotopic (exact) mass is 431 g/mol. The zero-order valence-corrected chi connectivity index (χ0v) is 18.2. The molecular weight excluding hydrogens is 406 g/mol. The summed E-state index contributed by atoms with van der Waals surface area (Å²) in [6.45, 7) is 4.89. The molecule has 32 heavy (non-hydrogen) atoms. The number of aromatic nitrogens is 7. The quantitative estimate of drug-likeness (QED) is 0.490. The number of rotatable bonds is 1. The van der Waals surface area contributed by atoms with E-state index in [1.807, 2.05) is 19.3 Å². The molecule has 0 spiro atoms. The highest BCUT2D eigenvalue weighted by molar-refractivity contribution is 5.92. The lowest BCUT2D eigenvalue weighted by Gasteiger charge is -2.31. The van der Waals surface area contributed by atoms with Crippen LogP contribution < -0.4 is 15.0 Å². The van der Waals surface area contributed by atoms with Crippen molar-refractivity contribution in [2.75, 3.05) is 29.9 Å². The predicted octanol–water partition coefficient (Wildman–Crippen LogP) is 3.31. The third kappa shape index (κ3) is 3.14. The number of hydrogen-bond donors (Lipinski definition) is 1. The molecule has 10 nitrogen and oxygen atoms in total. The Hall–Kier alpha value is -3.69. The molecule has 0 amide bonds. The van der Waals surface area contributed by atoms with Gasteiger partial charge in [0.1, 0.15) is 17.2 Å². The summed E-state index contributed by atoms with van der Waals surface area (Å²) in [5, 5.41) is 13.8. The van der Waals surface area contributed by atoms with E-state index in [2.05, 4.69) is 47.9 Å². The highest BCUT2D eigenvalue weighted by atomic mass is 16.5. The fourth-order valence-corrected chi connectivity index (χ4v) is 4.29. The predicted molar refractivity (Wildman–Crippen MR) is 121 cm³/mol. The topological polar surface area (TPSA) is 98.8 Å². The van der Waals surface area contributed by atoms with Crippen molar-refractivity contribution in [3.8, 4) is 17.3 Å². The van der Waals surface area contributed by atoms with Crippen molar-refractivity contribution in [1.82, 2.24) is 34.5 Å². The zero-order chi connectivity index (χ0) is 21.7. The van der Waals surface area contributed by atoms with Crippen molar-refractivity contribution in [2.45, 2.75) is 32.2 Å². The van der Waals surface area contributed by atoms with Crippen molar-refractivity contribution in [1.29, 1.82) is 0 Å². The minimum atomic E-state index is 0.225. The summed E-state index contributed by atoms with van der Waals surface area (Å²) >= 11 is 0. The van der Waals surface area contributed by atoms with Crippen LogP contribution in [-0.2, 0) is 7.05 Å². The van der Waals surface area contributed by atoms with Crippen molar-refractivity contribution in [3.63, 3.8) is 0 Å². The van der Waals surface area contributed by atoms with Crippen molar-refractivity contribution in [2.24, 2.45) is 7.05 Å². The Bertz CT molecular complexity index is 1290. The molecule has 2 aliphatic rings. The van der Waals surface area contributed by atoms with Gasteiger partial charge in [-0.25, -0.2) is 19.6 Å². The summed E-state index contributed by atoms with van der Waals surface area (Å²) in [5.74, 6) is 3.65. The summed E-state index contributed by atoms with van der Waals surface area (Å²) in [4.78, 5) is 16.1. The lowest BCUT2D eigenvalue weighted by atomic mass is 10.2. The molecule has 0 aromatic carbocycles. The average molecular weight is 432 g/mol. The smallest absolute Gasteiger partial charge is 0.222 e. The van der Waals surface area contributed by atoms with Gasteiger partial charge in [-0.2, -0.15) is 10.2 Å². The second kappa shape index (κ2) is 7.47. The Morgan fingerprint density at radius 2 is 2.03 bits per heavy atom. The van der Waals surface area contributed by atoms with E-state index < -0.39 is 0 Å². The Morgan fingerprint density at radius 1 is 1.12 bits per heavy atom. The van der Waals surface area contributed by atoms with E-state index in [1.54, 1.807) is 17.1 Å². The molecule has 1 fully saturated rings. The van der Waals surface area contributed by atoms with Gasteiger partial charge in [-0.1, -0.05) is 0 Å². The first-order chi connectivity index (χ1) is 15.7. The van der Waals surface area contributed by atoms with Gasteiger partial charge in [0.15, 0.2) is 11.6 Å². The first kappa shape index (κ1) is 19.0. The number of anilines is 3. The molecule has 10 heteroatoms. The van der Waals surface area contributed by atoms with Crippen molar-refractivity contribution in [3.05, 3.63) is 30.7 Å². The first-order valence-corrected chi connectivity index (χ1v) is 11.1. The van der Waals surface area contributed by atoms with Crippen LogP contribution in [0.25, 0.3) is 22.3 Å². The second-order valence-electron chi connectivity index (χ2n) is 8.41. The minimum Gasteiger partial charge on any atom is -0.477 e. The Labute approximate surface area is 185 Å². The van der Waals surface area contributed by atoms with Gasteiger partial charge in [-0.15, -0.1) is 0 Å². The third-order valence-corrected chi connectivity index (χ3v) is 6.19. The van der Waals surface area contributed by atoms with Crippen molar-refractivity contribution >= 4 is 28.4 Å². The van der Waals surface area contributed by atoms with Gasteiger partial charge >= 0.3 is 0 Å². The highest BCUT2D eigenvalue weighted by Gasteiger charge is 2.24. The van der Waals surface area contributed by atoms with Gasteiger partial charge in [0.2, 0.25) is 5.88 Å². The maximum absolute atomic E-state index is 6.12. The molecule has 4 aromatic heterocycles. The number of hydrogen-bond acceptors (Lipinski definition) is 8. The van der Waals surface area contributed by atoms with Gasteiger partial charge in [-0.3, -0.25) is 4.68 Å². The number of fused-ring (bicyclic) bond motifs is 5. The molecule has 1 atom stereocenters. The van der Waals surface area contributed by atoms with E-state index in [9.17, 15) is 0 Å². The molecule has 0 unspecified atom stereocenters. The Morgan fingerprint density at radius 3 is 2.88 bits per heavy atom. The molecular formula is C22H25N9O. The second-order valence-corrected chi connectivity index (χ2v) is 8.41. The van der Waals surface area contributed by atoms with Crippen LogP contribution in [0.5, 0.6) is 5.88 Å². The summed E-state index contributed by atoms with van der Waals surface area (Å²) in [6.07, 6.45) is 8.44. The number of pyridine rings is 1. The van der Waals surface area contributed by atoms with Crippen molar-refractivity contribution < 1.29 is 4.74 Å². The summed E-state index contributed by atoms with van der Waals surface area (Å²) < 4.78 is 9.98. The molecule has 0 radical (unpaired) electrons. The number of aryl methyl sites for hydroxylation is 1. The summed E-state index contributed by atoms with van der Waals surface area (Å²) in [5.41, 5.74) is 1.85. The number of ether oxygens (including phenoxy) is 1. The Balaban J connectivity index is 1.46. The van der Waals surface area contributed by atoms with Crippen LogP contribution in [0.1, 0.15) is 32.2 Å². The van der Waals surface area contributed by atoms with E-state index in [4.69, 9.17) is 9.84 Å². The van der Waals surface area contributed by atoms with Gasteiger partial charge < -0.3 is 15.0 Å². The van der Waals surface area contributed by atoms with Crippen LogP contribution in [0, 0.1) is 0 Å². The van der Waals surface area contributed by atoms with Gasteiger partial charge in [0.25, 0.3) is 0 Å². The molecule has 1 saturated heterocycles. The molecule has 6 rings (SSSR count). The highest BCUT2D eigenvalue weighted by Crippen LogP contribution is 2.34. The third-order valence-electron chi connectivity index (χ3n) is 6.19. The molecule has 0 saturated carbocycles. The average Bonchev–Trinajstić information content (AvgIpc) is 3.30. The van der Waals surface area contributed by atoms with Crippen LogP contribution in [-0.4, -0.2) is 54.2 Å².